The van der Waals surface area contributed by atoms with Crippen molar-refractivity contribution in [2.24, 2.45) is 5.92 Å². The van der Waals surface area contributed by atoms with Gasteiger partial charge in [-0.05, 0) is 60.9 Å². The number of hydrogen-bond acceptors (Lipinski definition) is 3. The van der Waals surface area contributed by atoms with Gasteiger partial charge in [-0.3, -0.25) is 4.79 Å². The largest absolute Gasteiger partial charge is 0.322 e. The van der Waals surface area contributed by atoms with Crippen molar-refractivity contribution in [3.8, 4) is 0 Å². The van der Waals surface area contributed by atoms with E-state index in [-0.39, 0.29) is 4.90 Å². The van der Waals surface area contributed by atoms with Crippen molar-refractivity contribution in [3.05, 3.63) is 59.9 Å². The van der Waals surface area contributed by atoms with Crippen molar-refractivity contribution in [2.75, 3.05) is 11.9 Å². The van der Waals surface area contributed by atoms with Crippen molar-refractivity contribution in [3.63, 3.8) is 0 Å². The lowest BCUT2D eigenvalue weighted by Gasteiger charge is -2.09. The summed E-state index contributed by atoms with van der Waals surface area (Å²) in [6, 6.07) is 11.0. The summed E-state index contributed by atoms with van der Waals surface area (Å²) in [6.07, 6.45) is 0.747. The lowest BCUT2D eigenvalue weighted by atomic mass is 10.1. The molecule has 2 N–H and O–H groups in total. The maximum atomic E-state index is 12.9. The van der Waals surface area contributed by atoms with Crippen LogP contribution in [-0.4, -0.2) is 20.9 Å². The van der Waals surface area contributed by atoms with Crippen molar-refractivity contribution in [1.29, 1.82) is 0 Å². The van der Waals surface area contributed by atoms with E-state index in [1.807, 2.05) is 13.8 Å². The minimum absolute atomic E-state index is 0.106. The molecule has 0 unspecified atom stereocenters. The van der Waals surface area contributed by atoms with Crippen molar-refractivity contribution >= 4 is 21.6 Å². The molecule has 0 fully saturated rings. The van der Waals surface area contributed by atoms with Crippen LogP contribution in [0.3, 0.4) is 0 Å². The summed E-state index contributed by atoms with van der Waals surface area (Å²) in [7, 11) is -3.59. The van der Waals surface area contributed by atoms with Gasteiger partial charge in [-0.1, -0.05) is 13.8 Å². The van der Waals surface area contributed by atoms with E-state index in [4.69, 9.17) is 0 Å². The third-order valence-electron chi connectivity index (χ3n) is 3.54. The fraction of sp³-hybridized carbons (Fsp3) is 0.278. The van der Waals surface area contributed by atoms with Crippen LogP contribution in [0.25, 0.3) is 0 Å². The Morgan fingerprint density at radius 2 is 1.64 bits per heavy atom. The molecule has 0 radical (unpaired) electrons. The molecule has 7 heteroatoms. The predicted octanol–water partition coefficient (Wildman–Crippen LogP) is 3.40. The molecule has 0 saturated carbocycles. The predicted molar refractivity (Wildman–Crippen MR) is 95.4 cm³/mol. The molecule has 0 saturated heterocycles. The maximum Gasteiger partial charge on any atom is 0.255 e. The average Bonchev–Trinajstić information content (AvgIpc) is 2.56. The molecule has 0 heterocycles. The minimum Gasteiger partial charge on any atom is -0.322 e. The first kappa shape index (κ1) is 19.1. The summed E-state index contributed by atoms with van der Waals surface area (Å²) in [5, 5.41) is 2.62. The van der Waals surface area contributed by atoms with Gasteiger partial charge in [-0.2, -0.15) is 0 Å². The molecular weight excluding hydrogens is 343 g/mol. The zero-order chi connectivity index (χ0) is 18.4. The lowest BCUT2D eigenvalue weighted by Crippen LogP contribution is -2.25. The summed E-state index contributed by atoms with van der Waals surface area (Å²) in [6.45, 7) is 4.40. The van der Waals surface area contributed by atoms with Crippen LogP contribution >= 0.6 is 0 Å². The molecule has 0 aliphatic rings. The van der Waals surface area contributed by atoms with Gasteiger partial charge in [0.15, 0.2) is 0 Å². The van der Waals surface area contributed by atoms with E-state index in [1.165, 1.54) is 48.5 Å². The minimum atomic E-state index is -3.59. The molecule has 0 spiro atoms. The maximum absolute atomic E-state index is 12.9. The van der Waals surface area contributed by atoms with E-state index < -0.39 is 21.7 Å². The summed E-state index contributed by atoms with van der Waals surface area (Å²) in [4.78, 5) is 12.2. The molecule has 0 aliphatic heterocycles. The number of halogens is 1. The number of nitrogens with one attached hydrogen (secondary N) is 2. The first-order chi connectivity index (χ1) is 11.8. The SMILES string of the molecule is CC(C)CCNS(=O)(=O)c1ccc(C(=O)Nc2ccc(F)cc2)cc1. The van der Waals surface area contributed by atoms with E-state index in [0.29, 0.717) is 23.7 Å². The topological polar surface area (TPSA) is 75.3 Å². The van der Waals surface area contributed by atoms with Crippen LogP contribution in [0.1, 0.15) is 30.6 Å². The van der Waals surface area contributed by atoms with Gasteiger partial charge in [0.2, 0.25) is 10.0 Å². The van der Waals surface area contributed by atoms with E-state index in [0.717, 1.165) is 6.42 Å². The van der Waals surface area contributed by atoms with E-state index in [1.54, 1.807) is 0 Å². The number of sulfonamides is 1. The molecule has 5 nitrogen and oxygen atoms in total. The molecular formula is C18H21FN2O3S. The van der Waals surface area contributed by atoms with E-state index in [2.05, 4.69) is 10.0 Å². The zero-order valence-electron chi connectivity index (χ0n) is 14.1. The summed E-state index contributed by atoms with van der Waals surface area (Å²) in [5.41, 5.74) is 0.768. The number of carbonyl (C=O) groups is 1. The second kappa shape index (κ2) is 8.22. The molecule has 0 bridgehead atoms. The smallest absolute Gasteiger partial charge is 0.255 e. The van der Waals surface area contributed by atoms with Crippen LogP contribution in [0.4, 0.5) is 10.1 Å². The molecule has 2 aromatic rings. The number of rotatable bonds is 7. The number of hydrogen-bond donors (Lipinski definition) is 2. The van der Waals surface area contributed by atoms with Gasteiger partial charge < -0.3 is 5.32 Å². The highest BCUT2D eigenvalue weighted by atomic mass is 32.2. The molecule has 1 amide bonds. The van der Waals surface area contributed by atoms with Gasteiger partial charge >= 0.3 is 0 Å². The fourth-order valence-corrected chi connectivity index (χ4v) is 3.13. The van der Waals surface area contributed by atoms with Crippen molar-refractivity contribution < 1.29 is 17.6 Å². The van der Waals surface area contributed by atoms with Crippen LogP contribution in [0.15, 0.2) is 53.4 Å². The Bertz CT molecular complexity index is 816. The van der Waals surface area contributed by atoms with E-state index in [9.17, 15) is 17.6 Å². The standard InChI is InChI=1S/C18H21FN2O3S/c1-13(2)11-12-20-25(23,24)17-9-3-14(4-10-17)18(22)21-16-7-5-15(19)6-8-16/h3-10,13,20H,11-12H2,1-2H3,(H,21,22). The molecule has 0 aliphatic carbocycles. The van der Waals surface area contributed by atoms with Crippen LogP contribution < -0.4 is 10.0 Å². The number of benzene rings is 2. The Balaban J connectivity index is 2.03. The normalized spacial score (nSPS) is 11.5. The highest BCUT2D eigenvalue weighted by Gasteiger charge is 2.15. The van der Waals surface area contributed by atoms with Gasteiger partial charge in [0.1, 0.15) is 5.82 Å². The molecule has 0 aromatic heterocycles. The van der Waals surface area contributed by atoms with Gasteiger partial charge in [0.05, 0.1) is 4.90 Å². The van der Waals surface area contributed by atoms with E-state index >= 15 is 0 Å². The summed E-state index contributed by atoms with van der Waals surface area (Å²) >= 11 is 0. The van der Waals surface area contributed by atoms with Crippen LogP contribution in [0.2, 0.25) is 0 Å². The Labute approximate surface area is 147 Å². The van der Waals surface area contributed by atoms with Gasteiger partial charge in [-0.15, -0.1) is 0 Å². The first-order valence-electron chi connectivity index (χ1n) is 7.94. The third kappa shape index (κ3) is 5.65. The Morgan fingerprint density at radius 1 is 1.04 bits per heavy atom. The second-order valence-corrected chi connectivity index (χ2v) is 7.83. The Hall–Kier alpha value is -2.25. The number of amides is 1. The summed E-state index contributed by atoms with van der Waals surface area (Å²) in [5.74, 6) is -0.388. The Morgan fingerprint density at radius 3 is 2.20 bits per heavy atom. The van der Waals surface area contributed by atoms with Gasteiger partial charge in [0.25, 0.3) is 5.91 Å². The Kier molecular flexibility index (Phi) is 6.27. The molecule has 2 rings (SSSR count). The third-order valence-corrected chi connectivity index (χ3v) is 5.02. The van der Waals surface area contributed by atoms with Crippen LogP contribution in [0, 0.1) is 11.7 Å². The fourth-order valence-electron chi connectivity index (χ4n) is 2.09. The highest BCUT2D eigenvalue weighted by Crippen LogP contribution is 2.14. The first-order valence-corrected chi connectivity index (χ1v) is 9.43. The van der Waals surface area contributed by atoms with Gasteiger partial charge in [0, 0.05) is 17.8 Å². The number of anilines is 1. The second-order valence-electron chi connectivity index (χ2n) is 6.07. The number of carbonyl (C=O) groups excluding carboxylic acids is 1. The van der Waals surface area contributed by atoms with Crippen LogP contribution in [-0.2, 0) is 10.0 Å². The molecule has 25 heavy (non-hydrogen) atoms. The lowest BCUT2D eigenvalue weighted by molar-refractivity contribution is 0.102. The average molecular weight is 364 g/mol. The zero-order valence-corrected chi connectivity index (χ0v) is 14.9. The van der Waals surface area contributed by atoms with Crippen molar-refractivity contribution in [1.82, 2.24) is 4.72 Å². The highest BCUT2D eigenvalue weighted by molar-refractivity contribution is 7.89. The summed E-state index contributed by atoms with van der Waals surface area (Å²) < 4.78 is 39.7. The quantitative estimate of drug-likeness (QED) is 0.791. The monoisotopic (exact) mass is 364 g/mol. The molecule has 2 aromatic carbocycles. The molecule has 134 valence electrons. The van der Waals surface area contributed by atoms with Crippen molar-refractivity contribution in [2.45, 2.75) is 25.2 Å². The van der Waals surface area contributed by atoms with Crippen LogP contribution in [0.5, 0.6) is 0 Å². The van der Waals surface area contributed by atoms with Gasteiger partial charge in [-0.25, -0.2) is 17.5 Å². The molecule has 0 atom stereocenters.